The molecule has 0 aliphatic heterocycles. The van der Waals surface area contributed by atoms with Crippen molar-refractivity contribution in [1.29, 1.82) is 0 Å². The van der Waals surface area contributed by atoms with E-state index in [1.54, 1.807) is 0 Å². The Morgan fingerprint density at radius 1 is 1.05 bits per heavy atom. The number of alkyl halides is 3. The molecule has 0 radical (unpaired) electrons. The molecule has 0 unspecified atom stereocenters. The molecule has 0 spiro atoms. The second kappa shape index (κ2) is 4.62. The number of benzene rings is 1. The summed E-state index contributed by atoms with van der Waals surface area (Å²) in [7, 11) is 0. The summed E-state index contributed by atoms with van der Waals surface area (Å²) in [4.78, 5) is 17.3. The lowest BCUT2D eigenvalue weighted by Gasteiger charge is -2.09. The Hall–Kier alpha value is -2.53. The minimum atomic E-state index is -5.45. The highest BCUT2D eigenvalue weighted by atomic mass is 19.4. The molecule has 104 valence electrons. The highest BCUT2D eigenvalue weighted by molar-refractivity contribution is 5.58. The number of ether oxygens (including phenoxy) is 1. The van der Waals surface area contributed by atoms with Gasteiger partial charge in [-0.2, -0.15) is 8.78 Å². The first kappa shape index (κ1) is 14.5. The molecule has 1 aromatic carbocycles. The summed E-state index contributed by atoms with van der Waals surface area (Å²) in [5, 5.41) is 20.7. The number of hydrogen-bond acceptors (Lipinski definition) is 5. The zero-order valence-corrected chi connectivity index (χ0v) is 8.40. The predicted octanol–water partition coefficient (Wildman–Crippen LogP) is 2.68. The SMILES string of the molecule is O=[N+]([O-])c1c(F)cc(OC(F)(F)F)c(F)c1[N+](=O)[O-]. The Balaban J connectivity index is 3.57. The highest BCUT2D eigenvalue weighted by Crippen LogP contribution is 2.39. The maximum absolute atomic E-state index is 13.3. The van der Waals surface area contributed by atoms with Crippen LogP contribution < -0.4 is 4.74 Å². The molecule has 0 bridgehead atoms. The molecule has 12 heteroatoms. The zero-order chi connectivity index (χ0) is 15.0. The normalized spacial score (nSPS) is 11.2. The maximum atomic E-state index is 13.3. The Labute approximate surface area is 99.0 Å². The van der Waals surface area contributed by atoms with E-state index in [1.807, 2.05) is 0 Å². The summed E-state index contributed by atoms with van der Waals surface area (Å²) >= 11 is 0. The summed E-state index contributed by atoms with van der Waals surface area (Å²) in [6.07, 6.45) is -5.45. The molecule has 0 amide bonds. The van der Waals surface area contributed by atoms with Gasteiger partial charge in [-0.1, -0.05) is 0 Å². The minimum absolute atomic E-state index is 0.298. The molecule has 19 heavy (non-hydrogen) atoms. The topological polar surface area (TPSA) is 95.5 Å². The van der Waals surface area contributed by atoms with Gasteiger partial charge in [-0.3, -0.25) is 20.2 Å². The lowest BCUT2D eigenvalue weighted by molar-refractivity contribution is -0.426. The Morgan fingerprint density at radius 3 is 1.89 bits per heavy atom. The van der Waals surface area contributed by atoms with Crippen LogP contribution in [0.2, 0.25) is 0 Å². The quantitative estimate of drug-likeness (QED) is 0.484. The molecular formula is C7HF5N2O5. The van der Waals surface area contributed by atoms with Crippen LogP contribution in [-0.4, -0.2) is 16.2 Å². The number of nitro groups is 2. The molecule has 1 aromatic rings. The van der Waals surface area contributed by atoms with Crippen molar-refractivity contribution in [1.82, 2.24) is 0 Å². The van der Waals surface area contributed by atoms with Crippen LogP contribution in [0.3, 0.4) is 0 Å². The van der Waals surface area contributed by atoms with Crippen molar-refractivity contribution >= 4 is 11.4 Å². The molecular weight excluding hydrogens is 287 g/mol. The van der Waals surface area contributed by atoms with Crippen LogP contribution in [-0.2, 0) is 0 Å². The number of halogens is 5. The molecule has 0 heterocycles. The smallest absolute Gasteiger partial charge is 0.402 e. The molecule has 1 rings (SSSR count). The molecule has 0 atom stereocenters. The first-order valence-corrected chi connectivity index (χ1v) is 4.11. The van der Waals surface area contributed by atoms with E-state index in [-0.39, 0.29) is 6.07 Å². The minimum Gasteiger partial charge on any atom is -0.402 e. The van der Waals surface area contributed by atoms with E-state index in [0.29, 0.717) is 0 Å². The third-order valence-corrected chi connectivity index (χ3v) is 1.72. The molecule has 0 fully saturated rings. The van der Waals surface area contributed by atoms with Crippen LogP contribution in [0.4, 0.5) is 33.3 Å². The van der Waals surface area contributed by atoms with Gasteiger partial charge >= 0.3 is 17.7 Å². The summed E-state index contributed by atoms with van der Waals surface area (Å²) in [6, 6.07) is -0.298. The first-order valence-electron chi connectivity index (χ1n) is 4.11. The van der Waals surface area contributed by atoms with E-state index in [9.17, 15) is 42.2 Å². The molecule has 7 nitrogen and oxygen atoms in total. The van der Waals surface area contributed by atoms with Crippen molar-refractivity contribution in [2.45, 2.75) is 6.36 Å². The van der Waals surface area contributed by atoms with Gasteiger partial charge in [-0.25, -0.2) is 0 Å². The third kappa shape index (κ3) is 3.02. The largest absolute Gasteiger partial charge is 0.573 e. The lowest BCUT2D eigenvalue weighted by Crippen LogP contribution is -2.19. The fourth-order valence-corrected chi connectivity index (χ4v) is 1.12. The van der Waals surface area contributed by atoms with Crippen LogP contribution in [0.25, 0.3) is 0 Å². The van der Waals surface area contributed by atoms with Gasteiger partial charge in [0.05, 0.1) is 9.85 Å². The first-order chi connectivity index (χ1) is 8.54. The summed E-state index contributed by atoms with van der Waals surface area (Å²) in [5.74, 6) is -6.20. The molecule has 0 saturated heterocycles. The van der Waals surface area contributed by atoms with E-state index in [2.05, 4.69) is 4.74 Å². The lowest BCUT2D eigenvalue weighted by atomic mass is 10.2. The van der Waals surface area contributed by atoms with Gasteiger partial charge in [0.15, 0.2) is 5.75 Å². The van der Waals surface area contributed by atoms with Gasteiger partial charge in [0.25, 0.3) is 0 Å². The molecule has 0 aliphatic rings. The average molecular weight is 288 g/mol. The fraction of sp³-hybridized carbons (Fsp3) is 0.143. The van der Waals surface area contributed by atoms with Gasteiger partial charge in [0, 0.05) is 6.07 Å². The van der Waals surface area contributed by atoms with Crippen molar-refractivity contribution in [3.63, 3.8) is 0 Å². The van der Waals surface area contributed by atoms with E-state index < -0.39 is 45.0 Å². The van der Waals surface area contributed by atoms with Gasteiger partial charge in [0.1, 0.15) is 0 Å². The molecule has 0 N–H and O–H groups in total. The third-order valence-electron chi connectivity index (χ3n) is 1.72. The van der Waals surface area contributed by atoms with Gasteiger partial charge in [-0.05, 0) is 0 Å². The number of nitrogens with zero attached hydrogens (tertiary/aromatic N) is 2. The van der Waals surface area contributed by atoms with E-state index in [0.717, 1.165) is 0 Å². The van der Waals surface area contributed by atoms with Crippen molar-refractivity contribution in [3.8, 4) is 5.75 Å². The van der Waals surface area contributed by atoms with Gasteiger partial charge in [-0.15, -0.1) is 13.2 Å². The maximum Gasteiger partial charge on any atom is 0.573 e. The standard InChI is InChI=1S/C7HF5N2O5/c8-2-1-3(19-7(10,11)12)4(9)6(14(17)18)5(2)13(15)16/h1H. The second-order valence-electron chi connectivity index (χ2n) is 2.93. The number of nitro benzene ring substituents is 2. The summed E-state index contributed by atoms with van der Waals surface area (Å²) in [5.41, 5.74) is -3.94. The van der Waals surface area contributed by atoms with Crippen molar-refractivity contribution in [3.05, 3.63) is 37.9 Å². The Bertz CT molecular complexity index is 558. The molecule has 0 aliphatic carbocycles. The van der Waals surface area contributed by atoms with Crippen molar-refractivity contribution in [2.24, 2.45) is 0 Å². The van der Waals surface area contributed by atoms with Crippen molar-refractivity contribution in [2.75, 3.05) is 0 Å². The van der Waals surface area contributed by atoms with E-state index >= 15 is 0 Å². The van der Waals surface area contributed by atoms with Crippen LogP contribution >= 0.6 is 0 Å². The number of rotatable bonds is 3. The van der Waals surface area contributed by atoms with Gasteiger partial charge in [0.2, 0.25) is 11.6 Å². The van der Waals surface area contributed by atoms with Crippen LogP contribution in [0, 0.1) is 31.9 Å². The molecule has 0 aromatic heterocycles. The molecule has 0 saturated carbocycles. The summed E-state index contributed by atoms with van der Waals surface area (Å²) in [6.45, 7) is 0. The number of hydrogen-bond donors (Lipinski definition) is 0. The Morgan fingerprint density at radius 2 is 1.53 bits per heavy atom. The second-order valence-corrected chi connectivity index (χ2v) is 2.93. The Kier molecular flexibility index (Phi) is 3.54. The highest BCUT2D eigenvalue weighted by Gasteiger charge is 2.40. The average Bonchev–Trinajstić information content (AvgIpc) is 2.19. The van der Waals surface area contributed by atoms with E-state index in [1.165, 1.54) is 0 Å². The van der Waals surface area contributed by atoms with Crippen LogP contribution in [0.1, 0.15) is 0 Å². The van der Waals surface area contributed by atoms with Crippen LogP contribution in [0.15, 0.2) is 6.07 Å². The zero-order valence-electron chi connectivity index (χ0n) is 8.40. The summed E-state index contributed by atoms with van der Waals surface area (Å²) < 4.78 is 64.9. The van der Waals surface area contributed by atoms with Crippen LogP contribution in [0.5, 0.6) is 5.75 Å². The van der Waals surface area contributed by atoms with Crippen molar-refractivity contribution < 1.29 is 36.5 Å². The predicted molar refractivity (Wildman–Crippen MR) is 46.3 cm³/mol. The fourth-order valence-electron chi connectivity index (χ4n) is 1.12. The monoisotopic (exact) mass is 288 g/mol. The van der Waals surface area contributed by atoms with Gasteiger partial charge < -0.3 is 4.74 Å². The van der Waals surface area contributed by atoms with E-state index in [4.69, 9.17) is 0 Å².